The van der Waals surface area contributed by atoms with Gasteiger partial charge in [-0.1, -0.05) is 36.4 Å². The van der Waals surface area contributed by atoms with Crippen molar-refractivity contribution in [3.05, 3.63) is 64.8 Å². The van der Waals surface area contributed by atoms with Gasteiger partial charge in [0.2, 0.25) is 0 Å². The maximum absolute atomic E-state index is 14.6. The number of halogens is 3. The molecule has 2 atom stereocenters. The normalized spacial score (nSPS) is 19.5. The van der Waals surface area contributed by atoms with Crippen LogP contribution >= 0.6 is 11.6 Å². The number of hydrogen-bond donors (Lipinski definition) is 0. The first-order chi connectivity index (χ1) is 22.2. The van der Waals surface area contributed by atoms with Crippen molar-refractivity contribution >= 4 is 39.8 Å². The summed E-state index contributed by atoms with van der Waals surface area (Å²) in [5, 5.41) is 11.1. The number of fused-ring (bicyclic) bond motifs is 2. The number of anilines is 2. The van der Waals surface area contributed by atoms with Crippen LogP contribution in [0.5, 0.6) is 6.01 Å². The van der Waals surface area contributed by atoms with Crippen LogP contribution in [0.4, 0.5) is 20.3 Å². The Hall–Kier alpha value is -4.05. The lowest BCUT2D eigenvalue weighted by molar-refractivity contribution is -0.131. The molecule has 46 heavy (non-hydrogen) atoms. The maximum Gasteiger partial charge on any atom is 0.318 e. The van der Waals surface area contributed by atoms with Gasteiger partial charge < -0.3 is 24.2 Å². The number of benzene rings is 2. The van der Waals surface area contributed by atoms with Crippen LogP contribution in [0.3, 0.4) is 0 Å². The van der Waals surface area contributed by atoms with E-state index in [1.165, 1.54) is 11.0 Å². The van der Waals surface area contributed by atoms with E-state index in [2.05, 4.69) is 29.4 Å². The highest BCUT2D eigenvalue weighted by molar-refractivity contribution is 6.36. The topological polar surface area (TPSA) is 98.1 Å². The van der Waals surface area contributed by atoms with Gasteiger partial charge in [0.05, 0.1) is 49.0 Å². The number of ether oxygens (including phenoxy) is 2. The zero-order valence-electron chi connectivity index (χ0n) is 25.7. The van der Waals surface area contributed by atoms with E-state index in [0.717, 1.165) is 35.4 Å². The van der Waals surface area contributed by atoms with Crippen LogP contribution in [-0.4, -0.2) is 96.8 Å². The van der Waals surface area contributed by atoms with E-state index in [9.17, 15) is 18.8 Å². The molecule has 2 saturated heterocycles. The molecule has 2 fully saturated rings. The quantitative estimate of drug-likeness (QED) is 0.326. The average Bonchev–Trinajstić information content (AvgIpc) is 3.08. The Balaban J connectivity index is 1.33. The first-order valence-corrected chi connectivity index (χ1v) is 15.9. The Morgan fingerprint density at radius 3 is 2.74 bits per heavy atom. The monoisotopic (exact) mass is 651 g/mol. The minimum absolute atomic E-state index is 0.0371. The summed E-state index contributed by atoms with van der Waals surface area (Å²) in [5.74, 6) is -1.65. The lowest BCUT2D eigenvalue weighted by atomic mass is 10.0. The summed E-state index contributed by atoms with van der Waals surface area (Å²) in [6.45, 7) is 10.5. The summed E-state index contributed by atoms with van der Waals surface area (Å²) in [6.07, 6.45) is 0.622. The Morgan fingerprint density at radius 1 is 1.17 bits per heavy atom. The van der Waals surface area contributed by atoms with Gasteiger partial charge in [0, 0.05) is 61.9 Å². The van der Waals surface area contributed by atoms with Crippen LogP contribution in [-0.2, 0) is 22.5 Å². The third-order valence-electron chi connectivity index (χ3n) is 9.00. The molecule has 3 aromatic rings. The second kappa shape index (κ2) is 13.7. The fourth-order valence-electron chi connectivity index (χ4n) is 6.54. The molecule has 2 aromatic carbocycles. The summed E-state index contributed by atoms with van der Waals surface area (Å²) in [6, 6.07) is 10.8. The molecule has 1 aromatic heterocycles. The fourth-order valence-corrected chi connectivity index (χ4v) is 6.81. The van der Waals surface area contributed by atoms with Crippen LogP contribution in [0.2, 0.25) is 5.02 Å². The zero-order chi connectivity index (χ0) is 32.4. The van der Waals surface area contributed by atoms with Crippen molar-refractivity contribution in [1.29, 1.82) is 5.26 Å². The predicted molar refractivity (Wildman–Crippen MR) is 171 cm³/mol. The second-order valence-electron chi connectivity index (χ2n) is 11.8. The fraction of sp³-hybridized carbons (Fsp3) is 0.455. The van der Waals surface area contributed by atoms with Crippen molar-refractivity contribution in [1.82, 2.24) is 19.8 Å². The molecule has 3 aliphatic rings. The van der Waals surface area contributed by atoms with Crippen molar-refractivity contribution in [3.8, 4) is 12.1 Å². The van der Waals surface area contributed by atoms with Gasteiger partial charge in [0.25, 0.3) is 5.91 Å². The van der Waals surface area contributed by atoms with E-state index in [-0.39, 0.29) is 30.0 Å². The van der Waals surface area contributed by atoms with Gasteiger partial charge in [-0.25, -0.2) is 8.78 Å². The predicted octanol–water partition coefficient (Wildman–Crippen LogP) is 4.50. The minimum atomic E-state index is -1.05. The van der Waals surface area contributed by atoms with Crippen molar-refractivity contribution in [2.45, 2.75) is 38.4 Å². The van der Waals surface area contributed by atoms with Crippen molar-refractivity contribution < 1.29 is 23.0 Å². The number of nitrogens with zero attached hydrogens (tertiary/aromatic N) is 7. The number of nitriles is 1. The average molecular weight is 652 g/mol. The number of aromatic nitrogens is 2. The molecule has 0 N–H and O–H groups in total. The minimum Gasteiger partial charge on any atom is -0.462 e. The summed E-state index contributed by atoms with van der Waals surface area (Å²) in [4.78, 5) is 30.1. The number of carbonyl (C=O) groups is 1. The summed E-state index contributed by atoms with van der Waals surface area (Å²) in [5.41, 5.74) is 2.51. The molecule has 6 rings (SSSR count). The van der Waals surface area contributed by atoms with E-state index < -0.39 is 23.6 Å². The molecule has 4 heterocycles. The van der Waals surface area contributed by atoms with E-state index >= 15 is 0 Å². The van der Waals surface area contributed by atoms with E-state index in [1.54, 1.807) is 6.07 Å². The smallest absolute Gasteiger partial charge is 0.318 e. The van der Waals surface area contributed by atoms with Crippen molar-refractivity contribution in [3.63, 3.8) is 0 Å². The molecule has 0 saturated carbocycles. The highest BCUT2D eigenvalue weighted by Gasteiger charge is 2.35. The number of rotatable bonds is 8. The SMILES string of the molecule is C=C(F)C(=O)N1CCN(c2nc(OCC(C)N3CCOCC3)nc3c2CCN(c2cccc4ccc(F)c(Cl)c24)C3)C[C@@H]1CC#N. The van der Waals surface area contributed by atoms with Crippen LogP contribution < -0.4 is 14.5 Å². The molecular formula is C33H36ClF2N7O3. The van der Waals surface area contributed by atoms with Gasteiger partial charge in [-0.15, -0.1) is 0 Å². The van der Waals surface area contributed by atoms with Gasteiger partial charge in [0.1, 0.15) is 18.2 Å². The molecule has 0 radical (unpaired) electrons. The molecule has 242 valence electrons. The Kier molecular flexibility index (Phi) is 9.54. The zero-order valence-corrected chi connectivity index (χ0v) is 26.5. The number of amides is 1. The molecule has 1 unspecified atom stereocenters. The second-order valence-corrected chi connectivity index (χ2v) is 12.2. The van der Waals surface area contributed by atoms with Crippen LogP contribution in [0.25, 0.3) is 10.8 Å². The number of carbonyl (C=O) groups excluding carboxylic acids is 1. The molecular weight excluding hydrogens is 616 g/mol. The van der Waals surface area contributed by atoms with E-state index in [4.69, 9.17) is 31.0 Å². The maximum atomic E-state index is 14.6. The first-order valence-electron chi connectivity index (χ1n) is 15.5. The van der Waals surface area contributed by atoms with E-state index in [1.807, 2.05) is 23.1 Å². The molecule has 13 heteroatoms. The lowest BCUT2D eigenvalue weighted by Crippen LogP contribution is -2.55. The molecule has 0 spiro atoms. The standard InChI is InChI=1S/C33H36ClF2N7O3/c1-21(40-14-16-45-17-15-40)20-46-33-38-27-19-41(28-5-3-4-23-6-7-26(36)30(34)29(23)28)11-9-25(27)31(39-33)42-12-13-43(32(44)22(2)35)24(18-42)8-10-37/h3-7,21,24H,2,8-9,11-20H2,1H3/t21?,24-/m0/s1. The number of morpholine rings is 1. The molecule has 1 amide bonds. The third kappa shape index (κ3) is 6.45. The largest absolute Gasteiger partial charge is 0.462 e. The van der Waals surface area contributed by atoms with Gasteiger partial charge in [-0.05, 0) is 30.9 Å². The van der Waals surface area contributed by atoms with Crippen molar-refractivity contribution in [2.75, 3.05) is 68.9 Å². The van der Waals surface area contributed by atoms with Gasteiger partial charge in [0.15, 0.2) is 5.83 Å². The first kappa shape index (κ1) is 31.9. The van der Waals surface area contributed by atoms with Gasteiger partial charge >= 0.3 is 6.01 Å². The molecule has 10 nitrogen and oxygen atoms in total. The van der Waals surface area contributed by atoms with Gasteiger partial charge in [-0.2, -0.15) is 15.2 Å². The highest BCUT2D eigenvalue weighted by Crippen LogP contribution is 2.38. The number of piperazine rings is 1. The van der Waals surface area contributed by atoms with E-state index in [0.29, 0.717) is 63.6 Å². The van der Waals surface area contributed by atoms with Crippen LogP contribution in [0.15, 0.2) is 42.7 Å². The Bertz CT molecular complexity index is 1680. The van der Waals surface area contributed by atoms with Gasteiger partial charge in [-0.3, -0.25) is 9.69 Å². The number of hydrogen-bond acceptors (Lipinski definition) is 9. The highest BCUT2D eigenvalue weighted by atomic mass is 35.5. The summed E-state index contributed by atoms with van der Waals surface area (Å²) >= 11 is 6.48. The molecule has 3 aliphatic heterocycles. The Morgan fingerprint density at radius 2 is 1.98 bits per heavy atom. The third-order valence-corrected chi connectivity index (χ3v) is 9.37. The van der Waals surface area contributed by atoms with Crippen LogP contribution in [0, 0.1) is 17.1 Å². The molecule has 0 bridgehead atoms. The molecule has 0 aliphatic carbocycles. The summed E-state index contributed by atoms with van der Waals surface area (Å²) in [7, 11) is 0. The summed E-state index contributed by atoms with van der Waals surface area (Å²) < 4.78 is 40.1. The lowest BCUT2D eigenvalue weighted by Gasteiger charge is -2.42. The van der Waals surface area contributed by atoms with Crippen LogP contribution in [0.1, 0.15) is 24.6 Å². The van der Waals surface area contributed by atoms with Crippen molar-refractivity contribution in [2.24, 2.45) is 0 Å². The Labute approximate surface area is 271 Å².